The van der Waals surface area contributed by atoms with Gasteiger partial charge in [0.05, 0.1) is 6.42 Å². The number of hydrogen-bond donors (Lipinski definition) is 1. The lowest BCUT2D eigenvalue weighted by Crippen LogP contribution is -2.51. The van der Waals surface area contributed by atoms with Gasteiger partial charge in [-0.15, -0.1) is 0 Å². The number of hydrogen-bond acceptors (Lipinski definition) is 3. The fourth-order valence-electron chi connectivity index (χ4n) is 2.45. The number of piperidine rings is 1. The van der Waals surface area contributed by atoms with E-state index in [1.54, 1.807) is 9.80 Å². The highest BCUT2D eigenvalue weighted by Gasteiger charge is 2.27. The standard InChI is InChI=1S/C13H25N3O3/c1-4-16(9-7-12(17)18)13(19)15(3)11-6-5-8-14(2)10-11/h11H,4-10H2,1-3H3,(H,17,18). The molecule has 0 spiro atoms. The van der Waals surface area contributed by atoms with E-state index in [9.17, 15) is 9.59 Å². The molecule has 0 saturated carbocycles. The van der Waals surface area contributed by atoms with E-state index in [1.165, 1.54) is 0 Å². The molecular weight excluding hydrogens is 246 g/mol. The van der Waals surface area contributed by atoms with Crippen molar-refractivity contribution in [3.63, 3.8) is 0 Å². The Labute approximate surface area is 115 Å². The summed E-state index contributed by atoms with van der Waals surface area (Å²) in [5, 5.41) is 8.70. The Kier molecular flexibility index (Phi) is 6.08. The van der Waals surface area contributed by atoms with Crippen molar-refractivity contribution in [3.05, 3.63) is 0 Å². The molecule has 0 aromatic heterocycles. The Morgan fingerprint density at radius 3 is 2.63 bits per heavy atom. The molecule has 0 aliphatic carbocycles. The summed E-state index contributed by atoms with van der Waals surface area (Å²) >= 11 is 0. The topological polar surface area (TPSA) is 64.1 Å². The third-order valence-electron chi connectivity index (χ3n) is 3.70. The van der Waals surface area contributed by atoms with Gasteiger partial charge in [0.2, 0.25) is 0 Å². The van der Waals surface area contributed by atoms with Crippen LogP contribution in [0.5, 0.6) is 0 Å². The molecule has 1 unspecified atom stereocenters. The van der Waals surface area contributed by atoms with Gasteiger partial charge in [0.1, 0.15) is 0 Å². The zero-order valence-electron chi connectivity index (χ0n) is 12.1. The molecule has 110 valence electrons. The van der Waals surface area contributed by atoms with Crippen molar-refractivity contribution in [2.45, 2.75) is 32.2 Å². The quantitative estimate of drug-likeness (QED) is 0.808. The molecule has 1 fully saturated rings. The molecule has 1 aliphatic rings. The zero-order valence-corrected chi connectivity index (χ0v) is 12.1. The van der Waals surface area contributed by atoms with E-state index in [2.05, 4.69) is 11.9 Å². The molecule has 0 bridgehead atoms. The molecule has 2 amide bonds. The Balaban J connectivity index is 2.55. The maximum Gasteiger partial charge on any atom is 0.320 e. The van der Waals surface area contributed by atoms with Crippen molar-refractivity contribution >= 4 is 12.0 Å². The average Bonchev–Trinajstić information content (AvgIpc) is 2.38. The smallest absolute Gasteiger partial charge is 0.320 e. The summed E-state index contributed by atoms with van der Waals surface area (Å²) in [6.45, 7) is 4.66. The highest BCUT2D eigenvalue weighted by molar-refractivity contribution is 5.75. The molecule has 1 rings (SSSR count). The van der Waals surface area contributed by atoms with Crippen molar-refractivity contribution in [3.8, 4) is 0 Å². The number of carbonyl (C=O) groups is 2. The lowest BCUT2D eigenvalue weighted by molar-refractivity contribution is -0.137. The van der Waals surface area contributed by atoms with Crippen LogP contribution in [0.4, 0.5) is 4.79 Å². The van der Waals surface area contributed by atoms with Crippen molar-refractivity contribution in [2.75, 3.05) is 40.3 Å². The van der Waals surface area contributed by atoms with E-state index in [1.807, 2.05) is 14.0 Å². The summed E-state index contributed by atoms with van der Waals surface area (Å²) < 4.78 is 0. The summed E-state index contributed by atoms with van der Waals surface area (Å²) in [6, 6.07) is 0.161. The third-order valence-corrected chi connectivity index (χ3v) is 3.70. The first-order valence-corrected chi connectivity index (χ1v) is 6.87. The van der Waals surface area contributed by atoms with Gasteiger partial charge in [-0.05, 0) is 33.4 Å². The SMILES string of the molecule is CCN(CCC(=O)O)C(=O)N(C)C1CCCN(C)C1. The first kappa shape index (κ1) is 15.8. The van der Waals surface area contributed by atoms with Gasteiger partial charge in [-0.2, -0.15) is 0 Å². The predicted molar refractivity (Wildman–Crippen MR) is 73.2 cm³/mol. The van der Waals surface area contributed by atoms with Gasteiger partial charge in [-0.25, -0.2) is 4.79 Å². The number of rotatable bonds is 5. The van der Waals surface area contributed by atoms with Crippen molar-refractivity contribution < 1.29 is 14.7 Å². The summed E-state index contributed by atoms with van der Waals surface area (Å²) in [4.78, 5) is 28.5. The highest BCUT2D eigenvalue weighted by atomic mass is 16.4. The van der Waals surface area contributed by atoms with Crippen LogP contribution in [-0.2, 0) is 4.79 Å². The van der Waals surface area contributed by atoms with Crippen LogP contribution in [0.3, 0.4) is 0 Å². The second-order valence-corrected chi connectivity index (χ2v) is 5.18. The van der Waals surface area contributed by atoms with Gasteiger partial charge in [0.25, 0.3) is 0 Å². The van der Waals surface area contributed by atoms with Crippen LogP contribution in [0, 0.1) is 0 Å². The number of carboxylic acids is 1. The molecule has 0 aromatic rings. The molecule has 6 nitrogen and oxygen atoms in total. The van der Waals surface area contributed by atoms with Crippen molar-refractivity contribution in [1.82, 2.24) is 14.7 Å². The first-order valence-electron chi connectivity index (χ1n) is 6.87. The third kappa shape index (κ3) is 4.70. The molecule has 1 heterocycles. The lowest BCUT2D eigenvalue weighted by atomic mass is 10.1. The van der Waals surface area contributed by atoms with Crippen LogP contribution in [0.15, 0.2) is 0 Å². The Morgan fingerprint density at radius 2 is 2.11 bits per heavy atom. The summed E-state index contributed by atoms with van der Waals surface area (Å²) in [6.07, 6.45) is 2.11. The Morgan fingerprint density at radius 1 is 1.42 bits per heavy atom. The number of urea groups is 1. The molecule has 1 saturated heterocycles. The number of nitrogens with zero attached hydrogens (tertiary/aromatic N) is 3. The van der Waals surface area contributed by atoms with E-state index in [0.717, 1.165) is 25.9 Å². The molecule has 1 aliphatic heterocycles. The molecule has 19 heavy (non-hydrogen) atoms. The maximum atomic E-state index is 12.3. The Bertz CT molecular complexity index is 322. The fourth-order valence-corrected chi connectivity index (χ4v) is 2.45. The van der Waals surface area contributed by atoms with Crippen LogP contribution in [0.25, 0.3) is 0 Å². The fraction of sp³-hybridized carbons (Fsp3) is 0.846. The molecule has 0 radical (unpaired) electrons. The normalized spacial score (nSPS) is 20.1. The highest BCUT2D eigenvalue weighted by Crippen LogP contribution is 2.15. The van der Waals surface area contributed by atoms with Crippen LogP contribution >= 0.6 is 0 Å². The summed E-state index contributed by atoms with van der Waals surface area (Å²) in [5.74, 6) is -0.869. The molecule has 1 atom stereocenters. The van der Waals surface area contributed by atoms with E-state index in [0.29, 0.717) is 6.54 Å². The van der Waals surface area contributed by atoms with E-state index >= 15 is 0 Å². The monoisotopic (exact) mass is 271 g/mol. The predicted octanol–water partition coefficient (Wildman–Crippen LogP) is 0.929. The van der Waals surface area contributed by atoms with Crippen LogP contribution in [-0.4, -0.2) is 78.1 Å². The van der Waals surface area contributed by atoms with Crippen LogP contribution in [0.1, 0.15) is 26.2 Å². The number of carboxylic acid groups (broad SMARTS) is 1. The van der Waals surface area contributed by atoms with Gasteiger partial charge < -0.3 is 19.8 Å². The average molecular weight is 271 g/mol. The minimum absolute atomic E-state index is 0.00199. The number of amides is 2. The van der Waals surface area contributed by atoms with Gasteiger partial charge in [0, 0.05) is 32.7 Å². The number of aliphatic carboxylic acids is 1. The van der Waals surface area contributed by atoms with Crippen LogP contribution in [0.2, 0.25) is 0 Å². The van der Waals surface area contributed by atoms with Gasteiger partial charge in [0.15, 0.2) is 0 Å². The minimum atomic E-state index is -0.869. The van der Waals surface area contributed by atoms with Crippen molar-refractivity contribution in [1.29, 1.82) is 0 Å². The first-order chi connectivity index (χ1) is 8.95. The minimum Gasteiger partial charge on any atom is -0.481 e. The summed E-state index contributed by atoms with van der Waals surface area (Å²) in [7, 11) is 3.88. The van der Waals surface area contributed by atoms with Gasteiger partial charge >= 0.3 is 12.0 Å². The van der Waals surface area contributed by atoms with Crippen LogP contribution < -0.4 is 0 Å². The second kappa shape index (κ2) is 7.33. The van der Waals surface area contributed by atoms with E-state index in [4.69, 9.17) is 5.11 Å². The molecular formula is C13H25N3O3. The zero-order chi connectivity index (χ0) is 14.4. The van der Waals surface area contributed by atoms with Gasteiger partial charge in [-0.3, -0.25) is 4.79 Å². The Hall–Kier alpha value is -1.30. The maximum absolute atomic E-state index is 12.3. The number of carbonyl (C=O) groups excluding carboxylic acids is 1. The molecule has 6 heteroatoms. The number of likely N-dealkylation sites (N-methyl/N-ethyl adjacent to an activating group) is 2. The second-order valence-electron chi connectivity index (χ2n) is 5.18. The number of likely N-dealkylation sites (tertiary alicyclic amines) is 1. The van der Waals surface area contributed by atoms with E-state index in [-0.39, 0.29) is 25.0 Å². The van der Waals surface area contributed by atoms with E-state index < -0.39 is 5.97 Å². The largest absolute Gasteiger partial charge is 0.481 e. The molecule has 0 aromatic carbocycles. The molecule has 1 N–H and O–H groups in total. The lowest BCUT2D eigenvalue weighted by Gasteiger charge is -2.38. The van der Waals surface area contributed by atoms with Crippen molar-refractivity contribution in [2.24, 2.45) is 0 Å². The van der Waals surface area contributed by atoms with Gasteiger partial charge in [-0.1, -0.05) is 0 Å². The summed E-state index contributed by atoms with van der Waals surface area (Å²) in [5.41, 5.74) is 0.